The Morgan fingerprint density at radius 3 is 1.79 bits per heavy atom. The normalized spacial score (nSPS) is 15.1. The summed E-state index contributed by atoms with van der Waals surface area (Å²) in [6, 6.07) is 42.6. The second-order valence-electron chi connectivity index (χ2n) is 11.7. The van der Waals surface area contributed by atoms with E-state index < -0.39 is 0 Å². The molecule has 1 aliphatic carbocycles. The molecule has 0 aliphatic heterocycles. The van der Waals surface area contributed by atoms with Gasteiger partial charge in [0.1, 0.15) is 0 Å². The molecule has 2 nitrogen and oxygen atoms in total. The van der Waals surface area contributed by atoms with Gasteiger partial charge in [-0.1, -0.05) is 109 Å². The van der Waals surface area contributed by atoms with Crippen molar-refractivity contribution in [3.63, 3.8) is 0 Å². The van der Waals surface area contributed by atoms with Crippen LogP contribution in [0, 0.1) is 0 Å². The smallest absolute Gasteiger partial charge is 0.0968 e. The number of benzene rings is 7. The van der Waals surface area contributed by atoms with Crippen LogP contribution in [0.4, 0.5) is 0 Å². The molecule has 0 radical (unpaired) electrons. The summed E-state index contributed by atoms with van der Waals surface area (Å²) in [5, 5.41) is 10.4. The van der Waals surface area contributed by atoms with E-state index in [1.54, 1.807) is 0 Å². The minimum absolute atomic E-state index is 0.453. The SMILES string of the molecule is c1cc(-c2ccc3c4ccccc4c4ccccc4c3c2)cc(C2CCc3c(c4nccnc4c4ccccc34)C2)c1. The first-order valence-corrected chi connectivity index (χ1v) is 14.9. The standard InChI is InChI=1S/C40H28N2/c1-2-12-31-29(10-1)30-11-3-4-14-33(30)37-23-27(16-18-34(31)37)25-8-7-9-26(22-25)28-17-19-35-32-13-5-6-15-36(32)39-40(38(35)24-28)42-21-20-41-39/h1-16,18,20-23,28H,17,19,24H2. The molecule has 0 fully saturated rings. The molecular weight excluding hydrogens is 508 g/mol. The summed E-state index contributed by atoms with van der Waals surface area (Å²) in [4.78, 5) is 9.62. The van der Waals surface area contributed by atoms with Gasteiger partial charge in [-0.15, -0.1) is 0 Å². The molecule has 0 saturated heterocycles. The van der Waals surface area contributed by atoms with Crippen LogP contribution < -0.4 is 0 Å². The van der Waals surface area contributed by atoms with E-state index in [9.17, 15) is 0 Å². The molecule has 1 unspecified atom stereocenters. The topological polar surface area (TPSA) is 25.8 Å². The molecule has 198 valence electrons. The van der Waals surface area contributed by atoms with Gasteiger partial charge in [-0.25, -0.2) is 0 Å². The number of fused-ring (bicyclic) bond motifs is 12. The fraction of sp³-hybridized carbons (Fsp3) is 0.100. The predicted octanol–water partition coefficient (Wildman–Crippen LogP) is 10.2. The van der Waals surface area contributed by atoms with E-state index >= 15 is 0 Å². The summed E-state index contributed by atoms with van der Waals surface area (Å²) in [5.41, 5.74) is 8.88. The van der Waals surface area contributed by atoms with Crippen LogP contribution in [0.1, 0.15) is 29.0 Å². The first-order chi connectivity index (χ1) is 20.8. The van der Waals surface area contributed by atoms with Crippen LogP contribution in [-0.4, -0.2) is 9.97 Å². The lowest BCUT2D eigenvalue weighted by Crippen LogP contribution is -2.14. The van der Waals surface area contributed by atoms with Crippen molar-refractivity contribution in [3.05, 3.63) is 144 Å². The highest BCUT2D eigenvalue weighted by Crippen LogP contribution is 2.41. The van der Waals surface area contributed by atoms with Gasteiger partial charge in [0.15, 0.2) is 0 Å². The average molecular weight is 537 g/mol. The molecule has 0 N–H and O–H groups in total. The molecule has 8 aromatic rings. The Kier molecular flexibility index (Phi) is 5.18. The lowest BCUT2D eigenvalue weighted by Gasteiger charge is -2.27. The van der Waals surface area contributed by atoms with Crippen LogP contribution in [0.5, 0.6) is 0 Å². The number of aromatic nitrogens is 2. The number of nitrogens with zero attached hydrogens (tertiary/aromatic N) is 2. The average Bonchev–Trinajstić information content (AvgIpc) is 3.08. The van der Waals surface area contributed by atoms with Crippen LogP contribution >= 0.6 is 0 Å². The zero-order valence-electron chi connectivity index (χ0n) is 23.2. The van der Waals surface area contributed by atoms with Gasteiger partial charge in [0.25, 0.3) is 0 Å². The highest BCUT2D eigenvalue weighted by atomic mass is 14.8. The highest BCUT2D eigenvalue weighted by Gasteiger charge is 2.25. The van der Waals surface area contributed by atoms with Crippen LogP contribution in [0.2, 0.25) is 0 Å². The predicted molar refractivity (Wildman–Crippen MR) is 176 cm³/mol. The third kappa shape index (κ3) is 3.51. The molecule has 2 heteroatoms. The van der Waals surface area contributed by atoms with Crippen molar-refractivity contribution in [1.29, 1.82) is 0 Å². The highest BCUT2D eigenvalue weighted by molar-refractivity contribution is 6.25. The third-order valence-electron chi connectivity index (χ3n) is 9.48. The molecule has 9 rings (SSSR count). The summed E-state index contributed by atoms with van der Waals surface area (Å²) in [7, 11) is 0. The second-order valence-corrected chi connectivity index (χ2v) is 11.7. The van der Waals surface area contributed by atoms with Crippen molar-refractivity contribution in [2.24, 2.45) is 0 Å². The molecule has 1 atom stereocenters. The molecule has 42 heavy (non-hydrogen) atoms. The molecule has 1 aliphatic rings. The maximum absolute atomic E-state index is 4.85. The summed E-state index contributed by atoms with van der Waals surface area (Å²) in [6.45, 7) is 0. The lowest BCUT2D eigenvalue weighted by molar-refractivity contribution is 0.590. The number of hydrogen-bond donors (Lipinski definition) is 0. The fourth-order valence-corrected chi connectivity index (χ4v) is 7.53. The summed E-state index contributed by atoms with van der Waals surface area (Å²) < 4.78 is 0. The number of aryl methyl sites for hydroxylation is 1. The van der Waals surface area contributed by atoms with E-state index in [0.717, 1.165) is 30.3 Å². The van der Waals surface area contributed by atoms with Gasteiger partial charge in [-0.05, 0) is 96.8 Å². The Balaban J connectivity index is 1.16. The van der Waals surface area contributed by atoms with Gasteiger partial charge in [0, 0.05) is 17.8 Å². The monoisotopic (exact) mass is 536 g/mol. The van der Waals surface area contributed by atoms with Crippen molar-refractivity contribution in [1.82, 2.24) is 9.97 Å². The van der Waals surface area contributed by atoms with E-state index in [-0.39, 0.29) is 0 Å². The van der Waals surface area contributed by atoms with Crippen LogP contribution in [-0.2, 0) is 12.8 Å². The fourth-order valence-electron chi connectivity index (χ4n) is 7.53. The summed E-state index contributed by atoms with van der Waals surface area (Å²) in [5.74, 6) is 0.453. The van der Waals surface area contributed by atoms with E-state index in [4.69, 9.17) is 9.97 Å². The van der Waals surface area contributed by atoms with E-state index in [2.05, 4.69) is 115 Å². The van der Waals surface area contributed by atoms with Gasteiger partial charge >= 0.3 is 0 Å². The molecule has 1 aromatic heterocycles. The minimum Gasteiger partial charge on any atom is -0.253 e. The molecule has 1 heterocycles. The molecular formula is C40H28N2. The summed E-state index contributed by atoms with van der Waals surface area (Å²) >= 11 is 0. The van der Waals surface area contributed by atoms with E-state index in [1.165, 1.54) is 70.9 Å². The van der Waals surface area contributed by atoms with Gasteiger partial charge in [-0.3, -0.25) is 9.97 Å². The molecule has 0 spiro atoms. The van der Waals surface area contributed by atoms with Crippen molar-refractivity contribution in [2.45, 2.75) is 25.2 Å². The van der Waals surface area contributed by atoms with E-state index in [0.29, 0.717) is 5.92 Å². The van der Waals surface area contributed by atoms with Gasteiger partial charge in [-0.2, -0.15) is 0 Å². The van der Waals surface area contributed by atoms with Crippen LogP contribution in [0.15, 0.2) is 128 Å². The van der Waals surface area contributed by atoms with Crippen LogP contribution in [0.3, 0.4) is 0 Å². The first kappa shape index (κ1) is 23.6. The Labute approximate surface area is 244 Å². The Morgan fingerprint density at radius 2 is 1.05 bits per heavy atom. The van der Waals surface area contributed by atoms with Crippen molar-refractivity contribution in [2.75, 3.05) is 0 Å². The second kappa shape index (κ2) is 9.22. The van der Waals surface area contributed by atoms with Crippen LogP contribution in [0.25, 0.3) is 65.3 Å². The Hall–Kier alpha value is -5.08. The van der Waals surface area contributed by atoms with Gasteiger partial charge in [0.2, 0.25) is 0 Å². The minimum atomic E-state index is 0.453. The number of rotatable bonds is 2. The summed E-state index contributed by atoms with van der Waals surface area (Å²) in [6.07, 6.45) is 6.86. The van der Waals surface area contributed by atoms with Crippen molar-refractivity contribution >= 4 is 54.1 Å². The molecule has 0 bridgehead atoms. The maximum atomic E-state index is 4.85. The zero-order chi connectivity index (χ0) is 27.6. The zero-order valence-corrected chi connectivity index (χ0v) is 23.2. The Morgan fingerprint density at radius 1 is 0.452 bits per heavy atom. The Bertz CT molecular complexity index is 2310. The third-order valence-corrected chi connectivity index (χ3v) is 9.48. The lowest BCUT2D eigenvalue weighted by atomic mass is 9.77. The molecule has 7 aromatic carbocycles. The quantitative estimate of drug-likeness (QED) is 0.205. The number of hydrogen-bond acceptors (Lipinski definition) is 2. The maximum Gasteiger partial charge on any atom is 0.0968 e. The van der Waals surface area contributed by atoms with E-state index in [1.807, 2.05) is 12.4 Å². The van der Waals surface area contributed by atoms with Gasteiger partial charge in [0.05, 0.1) is 11.0 Å². The molecule has 0 amide bonds. The van der Waals surface area contributed by atoms with Gasteiger partial charge < -0.3 is 0 Å². The van der Waals surface area contributed by atoms with Crippen molar-refractivity contribution < 1.29 is 0 Å². The first-order valence-electron chi connectivity index (χ1n) is 14.9. The molecule has 0 saturated carbocycles. The van der Waals surface area contributed by atoms with Crippen molar-refractivity contribution in [3.8, 4) is 11.1 Å². The largest absolute Gasteiger partial charge is 0.253 e.